The number of benzene rings is 4. The van der Waals surface area contributed by atoms with Gasteiger partial charge in [0.2, 0.25) is 0 Å². The van der Waals surface area contributed by atoms with Crippen LogP contribution in [0.15, 0.2) is 54.6 Å². The molecule has 0 spiro atoms. The lowest BCUT2D eigenvalue weighted by Gasteiger charge is -2.18. The Balaban J connectivity index is 1.95. The lowest BCUT2D eigenvalue weighted by atomic mass is 9.87. The van der Waals surface area contributed by atoms with E-state index < -0.39 is 0 Å². The monoisotopic (exact) mass is 382 g/mol. The summed E-state index contributed by atoms with van der Waals surface area (Å²) in [4.78, 5) is 0. The summed E-state index contributed by atoms with van der Waals surface area (Å²) in [6, 6.07) is 19.2. The zero-order valence-electron chi connectivity index (χ0n) is 18.1. The summed E-state index contributed by atoms with van der Waals surface area (Å²) in [5.74, 6) is -0.134. The zero-order chi connectivity index (χ0) is 20.9. The SMILES string of the molecule is Cc1ccc(-c2cc(C)c3c(C)c(-c4cc(C)c(C)c(F)c4)c(C)cc3c2)cc1. The first-order chi connectivity index (χ1) is 13.8. The average Bonchev–Trinajstić information content (AvgIpc) is 2.65. The molecule has 1 heteroatoms. The number of halogens is 1. The van der Waals surface area contributed by atoms with E-state index in [-0.39, 0.29) is 5.82 Å². The number of hydrogen-bond donors (Lipinski definition) is 0. The van der Waals surface area contributed by atoms with Gasteiger partial charge >= 0.3 is 0 Å². The fraction of sp³-hybridized carbons (Fsp3) is 0.214. The van der Waals surface area contributed by atoms with Gasteiger partial charge in [-0.15, -0.1) is 0 Å². The summed E-state index contributed by atoms with van der Waals surface area (Å²) in [6.45, 7) is 12.4. The molecule has 4 aromatic carbocycles. The van der Waals surface area contributed by atoms with Crippen molar-refractivity contribution in [3.05, 3.63) is 93.8 Å². The molecular weight excluding hydrogens is 355 g/mol. The molecule has 0 heterocycles. The molecule has 0 N–H and O–H groups in total. The molecule has 0 radical (unpaired) electrons. The van der Waals surface area contributed by atoms with Gasteiger partial charge in [0.25, 0.3) is 0 Å². The maximum Gasteiger partial charge on any atom is 0.126 e. The van der Waals surface area contributed by atoms with E-state index in [1.54, 1.807) is 6.07 Å². The Morgan fingerprint density at radius 3 is 1.86 bits per heavy atom. The van der Waals surface area contributed by atoms with Crippen molar-refractivity contribution in [1.82, 2.24) is 0 Å². The van der Waals surface area contributed by atoms with E-state index in [1.807, 2.05) is 13.8 Å². The molecule has 0 aliphatic carbocycles. The molecule has 4 aromatic rings. The average molecular weight is 383 g/mol. The fourth-order valence-corrected chi connectivity index (χ4v) is 4.48. The van der Waals surface area contributed by atoms with Crippen molar-refractivity contribution in [2.24, 2.45) is 0 Å². The van der Waals surface area contributed by atoms with E-state index in [9.17, 15) is 4.39 Å². The van der Waals surface area contributed by atoms with Gasteiger partial charge in [0.15, 0.2) is 0 Å². The van der Waals surface area contributed by atoms with Gasteiger partial charge < -0.3 is 0 Å². The maximum atomic E-state index is 14.5. The van der Waals surface area contributed by atoms with E-state index in [1.165, 1.54) is 44.2 Å². The van der Waals surface area contributed by atoms with Crippen molar-refractivity contribution >= 4 is 10.8 Å². The molecule has 0 unspecified atom stereocenters. The normalized spacial score (nSPS) is 11.3. The van der Waals surface area contributed by atoms with Crippen LogP contribution < -0.4 is 0 Å². The van der Waals surface area contributed by atoms with Crippen LogP contribution in [0.4, 0.5) is 4.39 Å². The van der Waals surface area contributed by atoms with E-state index in [0.29, 0.717) is 0 Å². The molecule has 0 saturated carbocycles. The Morgan fingerprint density at radius 2 is 1.21 bits per heavy atom. The van der Waals surface area contributed by atoms with Crippen molar-refractivity contribution < 1.29 is 4.39 Å². The van der Waals surface area contributed by atoms with Crippen LogP contribution >= 0.6 is 0 Å². The Labute approximate surface area is 173 Å². The van der Waals surface area contributed by atoms with Crippen LogP contribution in [0.5, 0.6) is 0 Å². The first-order valence-electron chi connectivity index (χ1n) is 10.1. The first kappa shape index (κ1) is 19.4. The van der Waals surface area contributed by atoms with Gasteiger partial charge in [-0.3, -0.25) is 0 Å². The van der Waals surface area contributed by atoms with Gasteiger partial charge in [0.1, 0.15) is 5.82 Å². The molecule has 29 heavy (non-hydrogen) atoms. The summed E-state index contributed by atoms with van der Waals surface area (Å²) in [5.41, 5.74) is 11.2. The van der Waals surface area contributed by atoms with Crippen LogP contribution in [0.25, 0.3) is 33.0 Å². The molecule has 0 aliphatic rings. The van der Waals surface area contributed by atoms with Crippen molar-refractivity contribution in [3.8, 4) is 22.3 Å². The lowest BCUT2D eigenvalue weighted by Crippen LogP contribution is -1.96. The molecule has 0 fully saturated rings. The van der Waals surface area contributed by atoms with Gasteiger partial charge in [-0.2, -0.15) is 0 Å². The molecule has 0 bridgehead atoms. The molecule has 146 valence electrons. The highest BCUT2D eigenvalue weighted by Crippen LogP contribution is 2.38. The predicted octanol–water partition coefficient (Wildman–Crippen LogP) is 8.16. The van der Waals surface area contributed by atoms with Gasteiger partial charge in [-0.05, 0) is 115 Å². The highest BCUT2D eigenvalue weighted by atomic mass is 19.1. The van der Waals surface area contributed by atoms with Crippen LogP contribution in [0.1, 0.15) is 33.4 Å². The molecule has 0 aromatic heterocycles. The maximum absolute atomic E-state index is 14.5. The van der Waals surface area contributed by atoms with Gasteiger partial charge in [-0.25, -0.2) is 4.39 Å². The van der Waals surface area contributed by atoms with E-state index in [4.69, 9.17) is 0 Å². The van der Waals surface area contributed by atoms with Crippen LogP contribution in [-0.4, -0.2) is 0 Å². The third kappa shape index (κ3) is 3.35. The topological polar surface area (TPSA) is 0 Å². The van der Waals surface area contributed by atoms with E-state index in [2.05, 4.69) is 76.2 Å². The van der Waals surface area contributed by atoms with Crippen LogP contribution in [0, 0.1) is 47.4 Å². The number of aryl methyl sites for hydroxylation is 5. The molecular formula is C28H27F. The Kier molecular flexibility index (Phi) is 4.78. The second kappa shape index (κ2) is 7.15. The van der Waals surface area contributed by atoms with E-state index in [0.717, 1.165) is 22.3 Å². The first-order valence-corrected chi connectivity index (χ1v) is 10.1. The Hall–Kier alpha value is -2.93. The summed E-state index contributed by atoms with van der Waals surface area (Å²) >= 11 is 0. The summed E-state index contributed by atoms with van der Waals surface area (Å²) < 4.78 is 14.5. The molecule has 0 amide bonds. The Morgan fingerprint density at radius 1 is 0.552 bits per heavy atom. The number of hydrogen-bond acceptors (Lipinski definition) is 0. The second-order valence-electron chi connectivity index (χ2n) is 8.35. The van der Waals surface area contributed by atoms with Crippen LogP contribution in [0.2, 0.25) is 0 Å². The molecule has 4 rings (SSSR count). The minimum atomic E-state index is -0.134. The predicted molar refractivity (Wildman–Crippen MR) is 123 cm³/mol. The minimum Gasteiger partial charge on any atom is -0.207 e. The van der Waals surface area contributed by atoms with E-state index >= 15 is 0 Å². The van der Waals surface area contributed by atoms with Crippen molar-refractivity contribution in [2.75, 3.05) is 0 Å². The highest BCUT2D eigenvalue weighted by Gasteiger charge is 2.15. The smallest absolute Gasteiger partial charge is 0.126 e. The highest BCUT2D eigenvalue weighted by molar-refractivity contribution is 5.98. The number of rotatable bonds is 2. The zero-order valence-corrected chi connectivity index (χ0v) is 18.1. The summed E-state index contributed by atoms with van der Waals surface area (Å²) in [7, 11) is 0. The minimum absolute atomic E-state index is 0.134. The van der Waals surface area contributed by atoms with Gasteiger partial charge in [-0.1, -0.05) is 48.0 Å². The van der Waals surface area contributed by atoms with Crippen molar-refractivity contribution in [3.63, 3.8) is 0 Å². The quantitative estimate of drug-likeness (QED) is 0.328. The van der Waals surface area contributed by atoms with Gasteiger partial charge in [0, 0.05) is 0 Å². The molecule has 0 nitrogen and oxygen atoms in total. The summed E-state index contributed by atoms with van der Waals surface area (Å²) in [6.07, 6.45) is 0. The van der Waals surface area contributed by atoms with Gasteiger partial charge in [0.05, 0.1) is 0 Å². The largest absolute Gasteiger partial charge is 0.207 e. The molecule has 0 atom stereocenters. The standard InChI is InChI=1S/C28H27F/c1-16-7-9-22(10-8-16)23-12-18(3)27-21(6)28(19(4)13-24(27)14-23)25-11-17(2)20(5)26(29)15-25/h7-15H,1-6H3. The molecule has 0 saturated heterocycles. The van der Waals surface area contributed by atoms with Crippen LogP contribution in [0.3, 0.4) is 0 Å². The number of fused-ring (bicyclic) bond motifs is 1. The Bertz CT molecular complexity index is 1220. The third-order valence-corrected chi connectivity index (χ3v) is 6.16. The van der Waals surface area contributed by atoms with Crippen molar-refractivity contribution in [1.29, 1.82) is 0 Å². The third-order valence-electron chi connectivity index (χ3n) is 6.16. The van der Waals surface area contributed by atoms with Crippen molar-refractivity contribution in [2.45, 2.75) is 41.5 Å². The molecule has 0 aliphatic heterocycles. The summed E-state index contributed by atoms with van der Waals surface area (Å²) in [5, 5.41) is 2.50. The fourth-order valence-electron chi connectivity index (χ4n) is 4.48. The van der Waals surface area contributed by atoms with Crippen LogP contribution in [-0.2, 0) is 0 Å². The lowest BCUT2D eigenvalue weighted by molar-refractivity contribution is 0.617. The second-order valence-corrected chi connectivity index (χ2v) is 8.35.